The van der Waals surface area contributed by atoms with Crippen LogP contribution in [0, 0.1) is 5.92 Å². The molecule has 2 amide bonds. The number of carbonyl (C=O) groups excluding carboxylic acids is 2. The van der Waals surface area contributed by atoms with Gasteiger partial charge in [-0.05, 0) is 48.4 Å². The summed E-state index contributed by atoms with van der Waals surface area (Å²) in [6.45, 7) is 3.85. The van der Waals surface area contributed by atoms with Gasteiger partial charge >= 0.3 is 6.18 Å². The number of benzene rings is 2. The normalized spacial score (nSPS) is 12.5. The number of hydrogen-bond acceptors (Lipinski definition) is 5. The molecule has 0 aliphatic rings. The van der Waals surface area contributed by atoms with Crippen LogP contribution in [-0.2, 0) is 18.0 Å². The Kier molecular flexibility index (Phi) is 8.44. The predicted molar refractivity (Wildman–Crippen MR) is 128 cm³/mol. The van der Waals surface area contributed by atoms with E-state index in [1.54, 1.807) is 35.9 Å². The van der Waals surface area contributed by atoms with Crippen molar-refractivity contribution in [2.75, 3.05) is 11.1 Å². The zero-order valence-electron chi connectivity index (χ0n) is 19.1. The Hall–Kier alpha value is -3.05. The molecule has 1 aromatic heterocycles. The van der Waals surface area contributed by atoms with E-state index in [4.69, 9.17) is 11.6 Å². The van der Waals surface area contributed by atoms with E-state index < -0.39 is 23.7 Å². The second-order valence-corrected chi connectivity index (χ2v) is 9.40. The Labute approximate surface area is 209 Å². The first-order valence-corrected chi connectivity index (χ1v) is 11.9. The molecule has 1 unspecified atom stereocenters. The molecule has 3 rings (SSSR count). The Morgan fingerprint density at radius 3 is 2.43 bits per heavy atom. The van der Waals surface area contributed by atoms with Gasteiger partial charge in [0.25, 0.3) is 5.91 Å². The minimum absolute atomic E-state index is 0.0174. The van der Waals surface area contributed by atoms with Gasteiger partial charge in [0.05, 0.1) is 17.4 Å². The highest BCUT2D eigenvalue weighted by Gasteiger charge is 2.30. The molecule has 3 aromatic rings. The van der Waals surface area contributed by atoms with Crippen molar-refractivity contribution in [1.82, 2.24) is 20.1 Å². The Morgan fingerprint density at radius 2 is 1.80 bits per heavy atom. The third-order valence-corrected chi connectivity index (χ3v) is 6.28. The molecule has 186 valence electrons. The topological polar surface area (TPSA) is 88.9 Å². The molecule has 35 heavy (non-hydrogen) atoms. The van der Waals surface area contributed by atoms with Crippen molar-refractivity contribution < 1.29 is 22.8 Å². The van der Waals surface area contributed by atoms with E-state index in [0.717, 1.165) is 23.9 Å². The Bertz CT molecular complexity index is 1200. The molecule has 0 aliphatic heterocycles. The van der Waals surface area contributed by atoms with E-state index in [9.17, 15) is 22.8 Å². The van der Waals surface area contributed by atoms with E-state index in [2.05, 4.69) is 20.8 Å². The lowest BCUT2D eigenvalue weighted by molar-refractivity contribution is -0.137. The van der Waals surface area contributed by atoms with Crippen LogP contribution in [0.3, 0.4) is 0 Å². The Balaban J connectivity index is 1.65. The van der Waals surface area contributed by atoms with Crippen molar-refractivity contribution in [2.24, 2.45) is 13.0 Å². The number of carbonyl (C=O) groups is 2. The van der Waals surface area contributed by atoms with Crippen LogP contribution in [0.15, 0.2) is 53.7 Å². The molecule has 2 N–H and O–H groups in total. The van der Waals surface area contributed by atoms with Crippen LogP contribution in [0.1, 0.15) is 41.6 Å². The molecule has 0 spiro atoms. The van der Waals surface area contributed by atoms with Crippen molar-refractivity contribution in [3.05, 3.63) is 70.5 Å². The van der Waals surface area contributed by atoms with Gasteiger partial charge in [-0.25, -0.2) is 0 Å². The third-order valence-electron chi connectivity index (χ3n) is 5.01. The molecule has 1 heterocycles. The van der Waals surface area contributed by atoms with Crippen LogP contribution in [0.2, 0.25) is 5.02 Å². The third kappa shape index (κ3) is 6.98. The molecular weight excluding hydrogens is 503 g/mol. The van der Waals surface area contributed by atoms with Crippen LogP contribution < -0.4 is 10.6 Å². The molecule has 0 radical (unpaired) electrons. The molecule has 0 saturated heterocycles. The summed E-state index contributed by atoms with van der Waals surface area (Å²) in [5.74, 6) is -0.390. The average molecular weight is 526 g/mol. The number of hydrogen-bond donors (Lipinski definition) is 2. The first-order chi connectivity index (χ1) is 16.5. The molecule has 1 atom stereocenters. The van der Waals surface area contributed by atoms with Crippen LogP contribution in [0.5, 0.6) is 0 Å². The zero-order chi connectivity index (χ0) is 25.8. The first-order valence-electron chi connectivity index (χ1n) is 10.5. The van der Waals surface area contributed by atoms with Gasteiger partial charge in [0.1, 0.15) is 0 Å². The number of aromatic nitrogens is 3. The summed E-state index contributed by atoms with van der Waals surface area (Å²) in [6.07, 6.45) is -4.50. The summed E-state index contributed by atoms with van der Waals surface area (Å²) in [7, 11) is 1.71. The summed E-state index contributed by atoms with van der Waals surface area (Å²) in [5.41, 5.74) is -0.349. The van der Waals surface area contributed by atoms with E-state index in [0.29, 0.717) is 21.6 Å². The van der Waals surface area contributed by atoms with Crippen molar-refractivity contribution >= 4 is 40.9 Å². The maximum atomic E-state index is 12.9. The van der Waals surface area contributed by atoms with Crippen molar-refractivity contribution in [1.29, 1.82) is 0 Å². The van der Waals surface area contributed by atoms with Gasteiger partial charge in [-0.3, -0.25) is 9.59 Å². The number of halogens is 4. The number of nitrogens with zero attached hydrogens (tertiary/aromatic N) is 3. The van der Waals surface area contributed by atoms with E-state index in [-0.39, 0.29) is 23.3 Å². The minimum atomic E-state index is -4.50. The quantitative estimate of drug-likeness (QED) is 0.387. The summed E-state index contributed by atoms with van der Waals surface area (Å²) >= 11 is 6.96. The van der Waals surface area contributed by atoms with E-state index >= 15 is 0 Å². The van der Waals surface area contributed by atoms with Gasteiger partial charge < -0.3 is 15.2 Å². The maximum Gasteiger partial charge on any atom is 0.416 e. The maximum absolute atomic E-state index is 12.9. The zero-order valence-corrected chi connectivity index (χ0v) is 20.6. The fraction of sp³-hybridized carbons (Fsp3) is 0.304. The van der Waals surface area contributed by atoms with Crippen molar-refractivity contribution in [2.45, 2.75) is 31.2 Å². The molecule has 12 heteroatoms. The number of nitrogens with one attached hydrogen (secondary N) is 2. The van der Waals surface area contributed by atoms with Crippen LogP contribution in [-0.4, -0.2) is 32.3 Å². The molecule has 2 aromatic carbocycles. The molecular formula is C23H23ClF3N5O2S. The number of anilines is 1. The summed E-state index contributed by atoms with van der Waals surface area (Å²) in [5, 5.41) is 14.7. The number of rotatable bonds is 8. The van der Waals surface area contributed by atoms with Crippen LogP contribution in [0.25, 0.3) is 0 Å². The van der Waals surface area contributed by atoms with E-state index in [1.807, 2.05) is 13.8 Å². The SMILES string of the molecule is CC(C)C(NC(=O)c1ccc(Cl)cc1)c1nnc(SCC(=O)Nc2cccc(C(F)(F)F)c2)n1C. The predicted octanol–water partition coefficient (Wildman–Crippen LogP) is 5.35. The highest BCUT2D eigenvalue weighted by atomic mass is 35.5. The summed E-state index contributed by atoms with van der Waals surface area (Å²) in [6, 6.07) is 10.5. The molecule has 0 aliphatic carbocycles. The minimum Gasteiger partial charge on any atom is -0.342 e. The highest BCUT2D eigenvalue weighted by Crippen LogP contribution is 2.31. The largest absolute Gasteiger partial charge is 0.416 e. The number of thioether (sulfide) groups is 1. The van der Waals surface area contributed by atoms with Gasteiger partial charge in [-0.2, -0.15) is 13.2 Å². The smallest absolute Gasteiger partial charge is 0.342 e. The summed E-state index contributed by atoms with van der Waals surface area (Å²) in [4.78, 5) is 25.0. The molecule has 0 saturated carbocycles. The van der Waals surface area contributed by atoms with Gasteiger partial charge in [-0.1, -0.05) is 43.3 Å². The highest BCUT2D eigenvalue weighted by molar-refractivity contribution is 7.99. The van der Waals surface area contributed by atoms with E-state index in [1.165, 1.54) is 12.1 Å². The summed E-state index contributed by atoms with van der Waals surface area (Å²) < 4.78 is 40.3. The second kappa shape index (κ2) is 11.1. The lowest BCUT2D eigenvalue weighted by atomic mass is 10.0. The lowest BCUT2D eigenvalue weighted by Crippen LogP contribution is -2.33. The second-order valence-electron chi connectivity index (χ2n) is 8.02. The fourth-order valence-corrected chi connectivity index (χ4v) is 4.02. The lowest BCUT2D eigenvalue weighted by Gasteiger charge is -2.21. The fourth-order valence-electron chi connectivity index (χ4n) is 3.18. The van der Waals surface area contributed by atoms with Crippen LogP contribution >= 0.6 is 23.4 Å². The van der Waals surface area contributed by atoms with Gasteiger partial charge in [-0.15, -0.1) is 10.2 Å². The standard InChI is InChI=1S/C23H23ClF3N5O2S/c1-13(2)19(29-21(34)14-7-9-16(24)10-8-14)20-30-31-22(32(20)3)35-12-18(33)28-17-6-4-5-15(11-17)23(25,26)27/h4-11,13,19H,12H2,1-3H3,(H,28,33)(H,29,34). The number of alkyl halides is 3. The van der Waals surface area contributed by atoms with Crippen molar-refractivity contribution in [3.8, 4) is 0 Å². The van der Waals surface area contributed by atoms with Crippen LogP contribution in [0.4, 0.5) is 18.9 Å². The van der Waals surface area contributed by atoms with Gasteiger partial charge in [0.15, 0.2) is 11.0 Å². The van der Waals surface area contributed by atoms with Gasteiger partial charge in [0.2, 0.25) is 5.91 Å². The molecule has 0 fully saturated rings. The molecule has 0 bridgehead atoms. The first kappa shape index (κ1) is 26.6. The van der Waals surface area contributed by atoms with Gasteiger partial charge in [0, 0.05) is 23.3 Å². The Morgan fingerprint density at radius 1 is 1.11 bits per heavy atom. The number of amides is 2. The monoisotopic (exact) mass is 525 g/mol. The van der Waals surface area contributed by atoms with Crippen molar-refractivity contribution in [3.63, 3.8) is 0 Å². The molecule has 7 nitrogen and oxygen atoms in total. The average Bonchev–Trinajstić information content (AvgIpc) is 3.15.